The highest BCUT2D eigenvalue weighted by Crippen LogP contribution is 2.22. The molecule has 3 N–H and O–H groups in total. The predicted molar refractivity (Wildman–Crippen MR) is 126 cm³/mol. The maximum absolute atomic E-state index is 11.6. The number of carboxylic acids is 1. The van der Waals surface area contributed by atoms with Crippen LogP contribution in [0.4, 0.5) is 0 Å². The van der Waals surface area contributed by atoms with E-state index in [1.54, 1.807) is 0 Å². The predicted octanol–water partition coefficient (Wildman–Crippen LogP) is 5.76. The molecular weight excluding hydrogens is 376 g/mol. The van der Waals surface area contributed by atoms with E-state index in [4.69, 9.17) is 5.11 Å². The monoisotopic (exact) mass is 416 g/mol. The van der Waals surface area contributed by atoms with Crippen molar-refractivity contribution in [2.45, 2.75) is 64.9 Å². The van der Waals surface area contributed by atoms with E-state index >= 15 is 0 Å². The molecular formula is C26H40O4. The lowest BCUT2D eigenvalue weighted by atomic mass is 9.85. The summed E-state index contributed by atoms with van der Waals surface area (Å²) in [5.74, 6) is -2.42. The second-order valence-corrected chi connectivity index (χ2v) is 7.02. The van der Waals surface area contributed by atoms with Crippen molar-refractivity contribution in [3.8, 4) is 0 Å². The Morgan fingerprint density at radius 2 is 1.17 bits per heavy atom. The zero-order chi connectivity index (χ0) is 22.5. The number of aliphatic hydroxyl groups is 2. The Kier molecular flexibility index (Phi) is 18.7. The van der Waals surface area contributed by atoms with Crippen LogP contribution >= 0.6 is 0 Å². The molecule has 0 radical (unpaired) electrons. The van der Waals surface area contributed by atoms with Crippen molar-refractivity contribution >= 4 is 5.97 Å². The lowest BCUT2D eigenvalue weighted by Crippen LogP contribution is -2.34. The molecule has 30 heavy (non-hydrogen) atoms. The van der Waals surface area contributed by atoms with Crippen LogP contribution in [0, 0.1) is 11.8 Å². The minimum Gasteiger partial charge on any atom is -0.481 e. The van der Waals surface area contributed by atoms with Crippen LogP contribution in [0.25, 0.3) is 0 Å². The molecule has 0 heterocycles. The molecule has 0 fully saturated rings. The van der Waals surface area contributed by atoms with Crippen molar-refractivity contribution in [2.24, 2.45) is 11.8 Å². The third kappa shape index (κ3) is 14.8. The Morgan fingerprint density at radius 3 is 1.60 bits per heavy atom. The summed E-state index contributed by atoms with van der Waals surface area (Å²) in [7, 11) is 0. The number of hydrogen-bond donors (Lipinski definition) is 3. The molecule has 0 rings (SSSR count). The zero-order valence-electron chi connectivity index (χ0n) is 18.6. The fourth-order valence-electron chi connectivity index (χ4n) is 2.88. The smallest absolute Gasteiger partial charge is 0.310 e. The molecule has 0 aromatic rings. The highest BCUT2D eigenvalue weighted by Gasteiger charge is 2.31. The molecule has 0 saturated carbocycles. The number of carboxylic acid groups (broad SMARTS) is 1. The molecule has 0 aliphatic rings. The van der Waals surface area contributed by atoms with Crippen LogP contribution in [0.3, 0.4) is 0 Å². The number of carbonyl (C=O) groups is 1. The molecule has 4 heteroatoms. The first-order valence-corrected chi connectivity index (χ1v) is 11.0. The first kappa shape index (κ1) is 27.8. The van der Waals surface area contributed by atoms with Crippen molar-refractivity contribution in [2.75, 3.05) is 6.61 Å². The average molecular weight is 417 g/mol. The highest BCUT2D eigenvalue weighted by molar-refractivity contribution is 5.71. The third-order valence-electron chi connectivity index (χ3n) is 4.48. The van der Waals surface area contributed by atoms with Gasteiger partial charge in [0.15, 0.2) is 0 Å². The van der Waals surface area contributed by atoms with Crippen molar-refractivity contribution in [1.29, 1.82) is 0 Å². The van der Waals surface area contributed by atoms with Gasteiger partial charge in [-0.05, 0) is 44.9 Å². The van der Waals surface area contributed by atoms with Crippen molar-refractivity contribution in [1.82, 2.24) is 0 Å². The minimum atomic E-state index is -1.08. The molecule has 0 bridgehead atoms. The molecule has 0 unspecified atom stereocenters. The Hall–Kier alpha value is -2.17. The van der Waals surface area contributed by atoms with Crippen LogP contribution in [0.1, 0.15) is 58.8 Å². The van der Waals surface area contributed by atoms with Crippen molar-refractivity contribution in [3.05, 3.63) is 72.9 Å². The van der Waals surface area contributed by atoms with E-state index in [2.05, 4.69) is 49.5 Å². The minimum absolute atomic E-state index is 0.0537. The third-order valence-corrected chi connectivity index (χ3v) is 4.48. The number of aliphatic carboxylic acids is 1. The van der Waals surface area contributed by atoms with Crippen molar-refractivity contribution < 1.29 is 20.1 Å². The van der Waals surface area contributed by atoms with E-state index in [9.17, 15) is 15.0 Å². The van der Waals surface area contributed by atoms with Gasteiger partial charge in [0.2, 0.25) is 0 Å². The summed E-state index contributed by atoms with van der Waals surface area (Å²) in [5, 5.41) is 28.7. The van der Waals surface area contributed by atoms with Crippen LogP contribution in [-0.4, -0.2) is 34.0 Å². The standard InChI is InChI=1S/C26H40O4/c1-3-5-7-8-9-10-11-12-13-14-15-16-17-18-20-23(19-6-4-2)25(26(29)30)24(28)21-22-27/h5-7,9-10,12-13,15-16,18-20,23-25,27-28H,3-4,8,11,14,17,21-22H2,1-2H3,(H,29,30)/b7-5-,10-9-,13-12-,16-15-,19-6-,20-18-/t23-,24-,25-/m1/s1. The second-order valence-electron chi connectivity index (χ2n) is 7.02. The Labute approximate surface area is 182 Å². The first-order chi connectivity index (χ1) is 14.6. The summed E-state index contributed by atoms with van der Waals surface area (Å²) in [6.45, 7) is 3.87. The lowest BCUT2D eigenvalue weighted by molar-refractivity contribution is -0.147. The van der Waals surface area contributed by atoms with E-state index in [0.717, 1.165) is 32.1 Å². The first-order valence-electron chi connectivity index (χ1n) is 11.0. The van der Waals surface area contributed by atoms with Crippen molar-refractivity contribution in [3.63, 3.8) is 0 Å². The number of rotatable bonds is 17. The summed E-state index contributed by atoms with van der Waals surface area (Å²) in [6, 6.07) is 0. The summed E-state index contributed by atoms with van der Waals surface area (Å²) < 4.78 is 0. The van der Waals surface area contributed by atoms with Crippen LogP contribution < -0.4 is 0 Å². The molecule has 0 amide bonds. The molecule has 0 saturated heterocycles. The SMILES string of the molecule is CC/C=C\C/C=C\C/C=C\C/C=C\C/C=C\[C@@H](/C=C\CC)[C@@H](C(=O)O)[C@H](O)CCO. The molecule has 168 valence electrons. The second kappa shape index (κ2) is 20.1. The van der Waals surface area contributed by atoms with Gasteiger partial charge in [0.1, 0.15) is 0 Å². The lowest BCUT2D eigenvalue weighted by Gasteiger charge is -2.23. The molecule has 0 aromatic carbocycles. The van der Waals surface area contributed by atoms with Gasteiger partial charge in [-0.15, -0.1) is 0 Å². The van der Waals surface area contributed by atoms with E-state index in [-0.39, 0.29) is 13.0 Å². The van der Waals surface area contributed by atoms with E-state index in [1.165, 1.54) is 0 Å². The van der Waals surface area contributed by atoms with Crippen LogP contribution in [0.5, 0.6) is 0 Å². The number of hydrogen-bond acceptors (Lipinski definition) is 3. The van der Waals surface area contributed by atoms with Crippen LogP contribution in [-0.2, 0) is 4.79 Å². The Morgan fingerprint density at radius 1 is 0.733 bits per heavy atom. The molecule has 0 spiro atoms. The van der Waals surface area contributed by atoms with Gasteiger partial charge < -0.3 is 15.3 Å². The molecule has 0 aliphatic heterocycles. The number of aliphatic hydroxyl groups excluding tert-OH is 2. The quantitative estimate of drug-likeness (QED) is 0.263. The van der Waals surface area contributed by atoms with E-state index in [0.29, 0.717) is 6.42 Å². The zero-order valence-corrected chi connectivity index (χ0v) is 18.6. The number of allylic oxidation sites excluding steroid dienone is 12. The van der Waals surface area contributed by atoms with Gasteiger partial charge >= 0.3 is 5.97 Å². The van der Waals surface area contributed by atoms with E-state index < -0.39 is 23.9 Å². The molecule has 3 atom stereocenters. The fourth-order valence-corrected chi connectivity index (χ4v) is 2.88. The summed E-state index contributed by atoms with van der Waals surface area (Å²) in [6.07, 6.45) is 28.9. The van der Waals surface area contributed by atoms with E-state index in [1.807, 2.05) is 37.3 Å². The van der Waals surface area contributed by atoms with Gasteiger partial charge in [0.25, 0.3) is 0 Å². The fraction of sp³-hybridized carbons (Fsp3) is 0.500. The largest absolute Gasteiger partial charge is 0.481 e. The van der Waals surface area contributed by atoms with Gasteiger partial charge in [-0.2, -0.15) is 0 Å². The Bertz CT molecular complexity index is 596. The van der Waals surface area contributed by atoms with Gasteiger partial charge in [0.05, 0.1) is 12.0 Å². The molecule has 0 aliphatic carbocycles. The van der Waals surface area contributed by atoms with Gasteiger partial charge in [0, 0.05) is 12.5 Å². The van der Waals surface area contributed by atoms with Crippen LogP contribution in [0.2, 0.25) is 0 Å². The normalized spacial score (nSPS) is 16.1. The van der Waals surface area contributed by atoms with Gasteiger partial charge in [-0.25, -0.2) is 0 Å². The Balaban J connectivity index is 4.50. The maximum atomic E-state index is 11.6. The molecule has 0 aromatic heterocycles. The average Bonchev–Trinajstić information content (AvgIpc) is 2.71. The maximum Gasteiger partial charge on any atom is 0.310 e. The van der Waals surface area contributed by atoms with Crippen LogP contribution in [0.15, 0.2) is 72.9 Å². The van der Waals surface area contributed by atoms with Gasteiger partial charge in [-0.3, -0.25) is 4.79 Å². The molecule has 4 nitrogen and oxygen atoms in total. The van der Waals surface area contributed by atoms with Gasteiger partial charge in [-0.1, -0.05) is 86.8 Å². The highest BCUT2D eigenvalue weighted by atomic mass is 16.4. The topological polar surface area (TPSA) is 77.8 Å². The summed E-state index contributed by atoms with van der Waals surface area (Å²) in [4.78, 5) is 11.6. The summed E-state index contributed by atoms with van der Waals surface area (Å²) >= 11 is 0. The summed E-state index contributed by atoms with van der Waals surface area (Å²) in [5.41, 5.74) is 0.